The van der Waals surface area contributed by atoms with Crippen molar-refractivity contribution in [2.24, 2.45) is 0 Å². The lowest BCUT2D eigenvalue weighted by atomic mass is 10.1. The van der Waals surface area contributed by atoms with E-state index in [9.17, 15) is 14.4 Å². The Bertz CT molecular complexity index is 936. The Morgan fingerprint density at radius 2 is 1.66 bits per heavy atom. The van der Waals surface area contributed by atoms with Crippen LogP contribution in [0.3, 0.4) is 0 Å². The second-order valence-electron chi connectivity index (χ2n) is 6.91. The monoisotopic (exact) mass is 440 g/mol. The van der Waals surface area contributed by atoms with E-state index in [0.717, 1.165) is 12.8 Å². The lowest BCUT2D eigenvalue weighted by Gasteiger charge is -2.12. The van der Waals surface area contributed by atoms with Crippen molar-refractivity contribution in [1.82, 2.24) is 10.6 Å². The van der Waals surface area contributed by atoms with Crippen LogP contribution in [0.1, 0.15) is 42.1 Å². The molecule has 0 bridgehead atoms. The minimum absolute atomic E-state index is 0.00571. The smallest absolute Gasteiger partial charge is 0.305 e. The molecular formula is C24H28N2O6. The summed E-state index contributed by atoms with van der Waals surface area (Å²) in [6.45, 7) is 2.62. The number of hydrogen-bond donors (Lipinski definition) is 3. The van der Waals surface area contributed by atoms with E-state index in [1.54, 1.807) is 55.6 Å². The third-order valence-corrected chi connectivity index (χ3v) is 4.43. The number of nitrogens with one attached hydrogen (secondary N) is 2. The number of hydrogen-bond acceptors (Lipinski definition) is 5. The molecule has 2 aromatic carbocycles. The zero-order chi connectivity index (χ0) is 23.3. The van der Waals surface area contributed by atoms with E-state index in [-0.39, 0.29) is 18.7 Å². The number of carboxylic acid groups (broad SMARTS) is 1. The van der Waals surface area contributed by atoms with Gasteiger partial charge >= 0.3 is 5.97 Å². The van der Waals surface area contributed by atoms with E-state index in [1.807, 2.05) is 0 Å². The Hall–Kier alpha value is -3.81. The van der Waals surface area contributed by atoms with Crippen LogP contribution in [0.4, 0.5) is 0 Å². The van der Waals surface area contributed by atoms with Crippen molar-refractivity contribution in [2.45, 2.75) is 26.2 Å². The summed E-state index contributed by atoms with van der Waals surface area (Å²) < 4.78 is 10.7. The molecule has 0 aromatic heterocycles. The number of carbonyl (C=O) groups is 3. The van der Waals surface area contributed by atoms with Gasteiger partial charge in [0, 0.05) is 12.1 Å². The molecule has 0 atom stereocenters. The molecule has 0 heterocycles. The molecule has 0 aliphatic rings. The van der Waals surface area contributed by atoms with Crippen LogP contribution in [0.2, 0.25) is 0 Å². The topological polar surface area (TPSA) is 114 Å². The fourth-order valence-electron chi connectivity index (χ4n) is 2.63. The van der Waals surface area contributed by atoms with Crippen LogP contribution < -0.4 is 20.1 Å². The van der Waals surface area contributed by atoms with Crippen LogP contribution in [-0.4, -0.2) is 43.2 Å². The second kappa shape index (κ2) is 12.8. The number of benzene rings is 2. The summed E-state index contributed by atoms with van der Waals surface area (Å²) >= 11 is 0. The zero-order valence-corrected chi connectivity index (χ0v) is 18.2. The number of rotatable bonds is 12. The Kier molecular flexibility index (Phi) is 9.77. The van der Waals surface area contributed by atoms with Gasteiger partial charge in [-0.3, -0.25) is 14.4 Å². The minimum Gasteiger partial charge on any atom is -0.497 e. The van der Waals surface area contributed by atoms with Gasteiger partial charge in [0.25, 0.3) is 11.8 Å². The molecule has 0 fully saturated rings. The number of unbranched alkanes of at least 4 members (excludes halogenated alkanes) is 1. The molecule has 0 unspecified atom stereocenters. The second-order valence-corrected chi connectivity index (χ2v) is 6.91. The molecule has 2 aromatic rings. The largest absolute Gasteiger partial charge is 0.497 e. The van der Waals surface area contributed by atoms with Crippen LogP contribution in [0.5, 0.6) is 11.5 Å². The third-order valence-electron chi connectivity index (χ3n) is 4.43. The average Bonchev–Trinajstić information content (AvgIpc) is 2.79. The molecule has 8 nitrogen and oxygen atoms in total. The van der Waals surface area contributed by atoms with Crippen LogP contribution in [0.15, 0.2) is 54.2 Å². The number of carboxylic acids is 1. The Labute approximate surface area is 187 Å². The van der Waals surface area contributed by atoms with Crippen LogP contribution in [0.25, 0.3) is 6.08 Å². The van der Waals surface area contributed by atoms with Gasteiger partial charge < -0.3 is 25.2 Å². The summed E-state index contributed by atoms with van der Waals surface area (Å²) in [5.74, 6) is -0.778. The van der Waals surface area contributed by atoms with Gasteiger partial charge in [-0.25, -0.2) is 0 Å². The maximum absolute atomic E-state index is 12.7. The first kappa shape index (κ1) is 24.5. The van der Waals surface area contributed by atoms with E-state index in [1.165, 1.54) is 6.08 Å². The molecule has 0 aliphatic heterocycles. The van der Waals surface area contributed by atoms with Gasteiger partial charge in [0.2, 0.25) is 0 Å². The van der Waals surface area contributed by atoms with Gasteiger partial charge in [0.1, 0.15) is 17.2 Å². The molecule has 0 saturated heterocycles. The van der Waals surface area contributed by atoms with Crippen molar-refractivity contribution in [3.8, 4) is 11.5 Å². The maximum atomic E-state index is 12.7. The van der Waals surface area contributed by atoms with Crippen LogP contribution >= 0.6 is 0 Å². The van der Waals surface area contributed by atoms with E-state index < -0.39 is 17.8 Å². The van der Waals surface area contributed by atoms with Gasteiger partial charge in [0.05, 0.1) is 20.1 Å². The van der Waals surface area contributed by atoms with Gasteiger partial charge in [-0.05, 0) is 54.5 Å². The molecular weight excluding hydrogens is 412 g/mol. The molecule has 170 valence electrons. The first-order valence-electron chi connectivity index (χ1n) is 10.3. The highest BCUT2D eigenvalue weighted by Crippen LogP contribution is 2.15. The summed E-state index contributed by atoms with van der Waals surface area (Å²) in [6.07, 6.45) is 3.25. The highest BCUT2D eigenvalue weighted by molar-refractivity contribution is 6.05. The number of ether oxygens (including phenoxy) is 2. The average molecular weight is 440 g/mol. The van der Waals surface area contributed by atoms with E-state index in [4.69, 9.17) is 14.6 Å². The number of carbonyl (C=O) groups excluding carboxylic acids is 2. The number of methoxy groups -OCH3 is 1. The molecule has 3 N–H and O–H groups in total. The summed E-state index contributed by atoms with van der Waals surface area (Å²) in [7, 11) is 1.55. The van der Waals surface area contributed by atoms with Gasteiger partial charge in [-0.1, -0.05) is 25.5 Å². The van der Waals surface area contributed by atoms with Crippen LogP contribution in [0, 0.1) is 0 Å². The lowest BCUT2D eigenvalue weighted by molar-refractivity contribution is -0.136. The minimum atomic E-state index is -1.03. The van der Waals surface area contributed by atoms with Gasteiger partial charge in [-0.15, -0.1) is 0 Å². The molecule has 0 saturated carbocycles. The standard InChI is InChI=1S/C24H28N2O6/c1-3-4-15-32-20-11-7-18(8-12-20)23(29)26-21(24(30)25-14-13-22(27)28)16-17-5-9-19(31-2)10-6-17/h5-12,16H,3-4,13-15H2,1-2H3,(H,25,30)(H,26,29)(H,27,28)/b21-16+. The highest BCUT2D eigenvalue weighted by Gasteiger charge is 2.15. The number of amides is 2. The summed E-state index contributed by atoms with van der Waals surface area (Å²) in [5, 5.41) is 13.9. The normalized spacial score (nSPS) is 10.9. The number of aliphatic carboxylic acids is 1. The molecule has 2 rings (SSSR count). The fourth-order valence-corrected chi connectivity index (χ4v) is 2.63. The SMILES string of the molecule is CCCCOc1ccc(C(=O)N/C(=C/c2ccc(OC)cc2)C(=O)NCCC(=O)O)cc1. The van der Waals surface area contributed by atoms with E-state index in [2.05, 4.69) is 17.6 Å². The maximum Gasteiger partial charge on any atom is 0.305 e. The van der Waals surface area contributed by atoms with Crippen molar-refractivity contribution in [3.63, 3.8) is 0 Å². The van der Waals surface area contributed by atoms with E-state index in [0.29, 0.717) is 29.2 Å². The zero-order valence-electron chi connectivity index (χ0n) is 18.2. The lowest BCUT2D eigenvalue weighted by Crippen LogP contribution is -2.35. The van der Waals surface area contributed by atoms with Gasteiger partial charge in [0.15, 0.2) is 0 Å². The third kappa shape index (κ3) is 8.14. The first-order valence-corrected chi connectivity index (χ1v) is 10.3. The van der Waals surface area contributed by atoms with Crippen molar-refractivity contribution in [1.29, 1.82) is 0 Å². The summed E-state index contributed by atoms with van der Waals surface area (Å²) in [6, 6.07) is 13.5. The Morgan fingerprint density at radius 3 is 2.25 bits per heavy atom. The summed E-state index contributed by atoms with van der Waals surface area (Å²) in [4.78, 5) is 36.0. The van der Waals surface area contributed by atoms with Gasteiger partial charge in [-0.2, -0.15) is 0 Å². The van der Waals surface area contributed by atoms with Crippen molar-refractivity contribution in [2.75, 3.05) is 20.3 Å². The molecule has 32 heavy (non-hydrogen) atoms. The highest BCUT2D eigenvalue weighted by atomic mass is 16.5. The predicted octanol–water partition coefficient (Wildman–Crippen LogP) is 3.24. The van der Waals surface area contributed by atoms with Crippen molar-refractivity contribution >= 4 is 23.9 Å². The molecule has 8 heteroatoms. The Balaban J connectivity index is 2.15. The summed E-state index contributed by atoms with van der Waals surface area (Å²) in [5.41, 5.74) is 1.01. The quantitative estimate of drug-likeness (QED) is 0.345. The van der Waals surface area contributed by atoms with Crippen molar-refractivity contribution in [3.05, 3.63) is 65.4 Å². The fraction of sp³-hybridized carbons (Fsp3) is 0.292. The molecule has 0 radical (unpaired) electrons. The van der Waals surface area contributed by atoms with E-state index >= 15 is 0 Å². The first-order chi connectivity index (χ1) is 15.4. The van der Waals surface area contributed by atoms with Crippen LogP contribution in [-0.2, 0) is 9.59 Å². The molecule has 0 aliphatic carbocycles. The Morgan fingerprint density at radius 1 is 1.00 bits per heavy atom. The molecule has 0 spiro atoms. The molecule has 2 amide bonds. The van der Waals surface area contributed by atoms with Crippen molar-refractivity contribution < 1.29 is 29.0 Å². The predicted molar refractivity (Wildman–Crippen MR) is 121 cm³/mol.